The molecule has 1 aromatic carbocycles. The monoisotopic (exact) mass is 253 g/mol. The molecule has 18 heavy (non-hydrogen) atoms. The number of amides is 1. The molecule has 1 aromatic rings. The quantitative estimate of drug-likeness (QED) is 0.773. The van der Waals surface area contributed by atoms with Gasteiger partial charge in [-0.2, -0.15) is 5.06 Å². The van der Waals surface area contributed by atoms with Gasteiger partial charge in [-0.25, -0.2) is 0 Å². The van der Waals surface area contributed by atoms with Gasteiger partial charge in [-0.05, 0) is 12.1 Å². The summed E-state index contributed by atoms with van der Waals surface area (Å²) in [5.74, 6) is -0.535. The fourth-order valence-electron chi connectivity index (χ4n) is 1.28. The Morgan fingerprint density at radius 3 is 2.39 bits per heavy atom. The highest BCUT2D eigenvalue weighted by Gasteiger charge is 2.15. The lowest BCUT2D eigenvalue weighted by Gasteiger charge is -2.21. The predicted molar refractivity (Wildman–Crippen MR) is 63.3 cm³/mol. The third-order valence-corrected chi connectivity index (χ3v) is 2.16. The summed E-state index contributed by atoms with van der Waals surface area (Å²) in [7, 11) is 1.48. The molecule has 0 saturated carbocycles. The van der Waals surface area contributed by atoms with Crippen molar-refractivity contribution < 1.29 is 24.3 Å². The fraction of sp³-hybridized carbons (Fsp3) is 0.333. The van der Waals surface area contributed by atoms with Crippen LogP contribution in [0.25, 0.3) is 0 Å². The zero-order valence-corrected chi connectivity index (χ0v) is 10.3. The summed E-state index contributed by atoms with van der Waals surface area (Å²) in [5.41, 5.74) is 0. The standard InChI is InChI=1S/C12H15NO5/c1-9(14)13(8-7-12(15)16)18-11-6-4-3-5-10(11)17-2/h3-6H,7-8H2,1-2H3,(H,15,16). The molecular formula is C12H15NO5. The summed E-state index contributed by atoms with van der Waals surface area (Å²) >= 11 is 0. The first-order valence-electron chi connectivity index (χ1n) is 5.35. The maximum absolute atomic E-state index is 11.3. The lowest BCUT2D eigenvalue weighted by atomic mass is 10.3. The largest absolute Gasteiger partial charge is 0.493 e. The highest BCUT2D eigenvalue weighted by molar-refractivity contribution is 5.73. The van der Waals surface area contributed by atoms with Crippen molar-refractivity contribution in [2.45, 2.75) is 13.3 Å². The number of carbonyl (C=O) groups is 2. The summed E-state index contributed by atoms with van der Waals surface area (Å²) in [6.07, 6.45) is -0.186. The number of hydrogen-bond donors (Lipinski definition) is 1. The van der Waals surface area contributed by atoms with Crippen LogP contribution >= 0.6 is 0 Å². The molecule has 1 amide bonds. The second kappa shape index (κ2) is 6.48. The van der Waals surface area contributed by atoms with E-state index in [-0.39, 0.29) is 18.9 Å². The summed E-state index contributed by atoms with van der Waals surface area (Å²) in [4.78, 5) is 27.2. The van der Waals surface area contributed by atoms with Crippen LogP contribution in [-0.4, -0.2) is 35.7 Å². The molecule has 0 bridgehead atoms. The predicted octanol–water partition coefficient (Wildman–Crippen LogP) is 1.31. The molecule has 0 aliphatic carbocycles. The SMILES string of the molecule is COc1ccccc1ON(CCC(=O)O)C(C)=O. The molecule has 0 aliphatic heterocycles. The number of carboxylic acids is 1. The molecule has 1 rings (SSSR count). The van der Waals surface area contributed by atoms with Crippen molar-refractivity contribution in [2.24, 2.45) is 0 Å². The number of methoxy groups -OCH3 is 1. The van der Waals surface area contributed by atoms with Crippen LogP contribution in [0.4, 0.5) is 0 Å². The molecular weight excluding hydrogens is 238 g/mol. The summed E-state index contributed by atoms with van der Waals surface area (Å²) in [5, 5.41) is 9.58. The minimum atomic E-state index is -0.995. The van der Waals surface area contributed by atoms with E-state index in [0.29, 0.717) is 11.5 Å². The molecule has 0 aliphatic rings. The van der Waals surface area contributed by atoms with E-state index >= 15 is 0 Å². The Labute approximate surface area is 105 Å². The summed E-state index contributed by atoms with van der Waals surface area (Å²) in [6.45, 7) is 1.28. The van der Waals surface area contributed by atoms with Crippen molar-refractivity contribution in [1.82, 2.24) is 5.06 Å². The van der Waals surface area contributed by atoms with E-state index in [1.165, 1.54) is 14.0 Å². The molecule has 0 fully saturated rings. The van der Waals surface area contributed by atoms with Crippen molar-refractivity contribution in [3.05, 3.63) is 24.3 Å². The molecule has 0 heterocycles. The van der Waals surface area contributed by atoms with Crippen LogP contribution in [0.3, 0.4) is 0 Å². The van der Waals surface area contributed by atoms with E-state index < -0.39 is 5.97 Å². The van der Waals surface area contributed by atoms with E-state index in [2.05, 4.69) is 0 Å². The number of rotatable bonds is 6. The normalized spacial score (nSPS) is 9.67. The smallest absolute Gasteiger partial charge is 0.305 e. The molecule has 0 unspecified atom stereocenters. The number of para-hydroxylation sites is 2. The van der Waals surface area contributed by atoms with Crippen LogP contribution < -0.4 is 9.57 Å². The zero-order valence-electron chi connectivity index (χ0n) is 10.3. The average Bonchev–Trinajstić information content (AvgIpc) is 2.34. The van der Waals surface area contributed by atoms with E-state index in [9.17, 15) is 9.59 Å². The van der Waals surface area contributed by atoms with E-state index in [4.69, 9.17) is 14.7 Å². The van der Waals surface area contributed by atoms with Gasteiger partial charge >= 0.3 is 5.97 Å². The fourth-order valence-corrected chi connectivity index (χ4v) is 1.28. The molecule has 6 heteroatoms. The van der Waals surface area contributed by atoms with Crippen molar-refractivity contribution in [3.8, 4) is 11.5 Å². The third kappa shape index (κ3) is 3.97. The highest BCUT2D eigenvalue weighted by Crippen LogP contribution is 2.26. The van der Waals surface area contributed by atoms with Crippen molar-refractivity contribution in [1.29, 1.82) is 0 Å². The number of aliphatic carboxylic acids is 1. The van der Waals surface area contributed by atoms with E-state index in [0.717, 1.165) is 5.06 Å². The number of benzene rings is 1. The van der Waals surface area contributed by atoms with Gasteiger partial charge in [-0.1, -0.05) is 12.1 Å². The first-order chi connectivity index (χ1) is 8.54. The molecule has 1 N–H and O–H groups in total. The Balaban J connectivity index is 2.76. The van der Waals surface area contributed by atoms with Gasteiger partial charge < -0.3 is 14.7 Å². The number of ether oxygens (including phenoxy) is 1. The van der Waals surface area contributed by atoms with Crippen LogP contribution in [-0.2, 0) is 9.59 Å². The Kier molecular flexibility index (Phi) is 4.98. The highest BCUT2D eigenvalue weighted by atomic mass is 16.7. The van der Waals surface area contributed by atoms with Gasteiger partial charge in [0.05, 0.1) is 20.1 Å². The first kappa shape index (κ1) is 13.8. The van der Waals surface area contributed by atoms with E-state index in [1.54, 1.807) is 24.3 Å². The van der Waals surface area contributed by atoms with Crippen molar-refractivity contribution >= 4 is 11.9 Å². The maximum atomic E-state index is 11.3. The average molecular weight is 253 g/mol. The van der Waals surface area contributed by atoms with Gasteiger partial charge in [0.15, 0.2) is 11.5 Å². The lowest BCUT2D eigenvalue weighted by Crippen LogP contribution is -2.34. The molecule has 6 nitrogen and oxygen atoms in total. The minimum absolute atomic E-state index is 0.0251. The van der Waals surface area contributed by atoms with Gasteiger partial charge in [0, 0.05) is 6.92 Å². The molecule has 0 aromatic heterocycles. The van der Waals surface area contributed by atoms with Crippen LogP contribution in [0.15, 0.2) is 24.3 Å². The van der Waals surface area contributed by atoms with Crippen LogP contribution in [0, 0.1) is 0 Å². The van der Waals surface area contributed by atoms with Crippen molar-refractivity contribution in [2.75, 3.05) is 13.7 Å². The Bertz CT molecular complexity index is 432. The Morgan fingerprint density at radius 1 is 1.28 bits per heavy atom. The van der Waals surface area contributed by atoms with Gasteiger partial charge in [-0.15, -0.1) is 0 Å². The third-order valence-electron chi connectivity index (χ3n) is 2.16. The molecule has 0 saturated heterocycles. The minimum Gasteiger partial charge on any atom is -0.493 e. The second-order valence-electron chi connectivity index (χ2n) is 3.51. The molecule has 98 valence electrons. The van der Waals surface area contributed by atoms with Gasteiger partial charge in [0.1, 0.15) is 0 Å². The summed E-state index contributed by atoms with van der Waals surface area (Å²) < 4.78 is 5.07. The number of carbonyl (C=O) groups excluding carboxylic acids is 1. The van der Waals surface area contributed by atoms with Crippen LogP contribution in [0.5, 0.6) is 11.5 Å². The Hall–Kier alpha value is -2.24. The van der Waals surface area contributed by atoms with Crippen LogP contribution in [0.2, 0.25) is 0 Å². The number of carboxylic acid groups (broad SMARTS) is 1. The molecule has 0 radical (unpaired) electrons. The number of hydrogen-bond acceptors (Lipinski definition) is 4. The molecule has 0 spiro atoms. The number of nitrogens with zero attached hydrogens (tertiary/aromatic N) is 1. The van der Waals surface area contributed by atoms with Gasteiger partial charge in [0.2, 0.25) is 0 Å². The second-order valence-corrected chi connectivity index (χ2v) is 3.51. The maximum Gasteiger partial charge on any atom is 0.305 e. The van der Waals surface area contributed by atoms with Crippen LogP contribution in [0.1, 0.15) is 13.3 Å². The number of hydroxylamine groups is 2. The topological polar surface area (TPSA) is 76.1 Å². The zero-order chi connectivity index (χ0) is 13.5. The van der Waals surface area contributed by atoms with Crippen molar-refractivity contribution in [3.63, 3.8) is 0 Å². The van der Waals surface area contributed by atoms with Gasteiger partial charge in [-0.3, -0.25) is 9.59 Å². The van der Waals surface area contributed by atoms with E-state index in [1.807, 2.05) is 0 Å². The summed E-state index contributed by atoms with van der Waals surface area (Å²) in [6, 6.07) is 6.81. The first-order valence-corrected chi connectivity index (χ1v) is 5.35. The molecule has 0 atom stereocenters. The lowest BCUT2D eigenvalue weighted by molar-refractivity contribution is -0.157. The Morgan fingerprint density at radius 2 is 1.89 bits per heavy atom. The van der Waals surface area contributed by atoms with Gasteiger partial charge in [0.25, 0.3) is 5.91 Å².